The topological polar surface area (TPSA) is 12.5 Å². The van der Waals surface area contributed by atoms with Gasteiger partial charge < -0.3 is 4.74 Å². The lowest BCUT2D eigenvalue weighted by molar-refractivity contribution is -0.0695. The van der Waals surface area contributed by atoms with Crippen LogP contribution in [0.1, 0.15) is 36.5 Å². The van der Waals surface area contributed by atoms with Crippen molar-refractivity contribution in [2.45, 2.75) is 38.8 Å². The van der Waals surface area contributed by atoms with Crippen molar-refractivity contribution in [2.24, 2.45) is 0 Å². The molecule has 2 nitrogen and oxygen atoms in total. The van der Waals surface area contributed by atoms with Crippen molar-refractivity contribution in [3.63, 3.8) is 0 Å². The van der Waals surface area contributed by atoms with Crippen LogP contribution in [-0.2, 0) is 17.7 Å². The molecule has 92 valence electrons. The lowest BCUT2D eigenvalue weighted by Gasteiger charge is -2.40. The highest BCUT2D eigenvalue weighted by atomic mass is 16.5. The average molecular weight is 231 g/mol. The van der Waals surface area contributed by atoms with Crippen LogP contribution in [0.5, 0.6) is 0 Å². The fraction of sp³-hybridized carbons (Fsp3) is 0.600. The van der Waals surface area contributed by atoms with E-state index in [1.807, 2.05) is 0 Å². The van der Waals surface area contributed by atoms with E-state index in [4.69, 9.17) is 4.74 Å². The van der Waals surface area contributed by atoms with Crippen LogP contribution in [0.25, 0.3) is 0 Å². The molecular formula is C15H21NO. The molecule has 0 unspecified atom stereocenters. The molecule has 0 spiro atoms. The summed E-state index contributed by atoms with van der Waals surface area (Å²) in [6.07, 6.45) is 1.20. The van der Waals surface area contributed by atoms with Gasteiger partial charge in [-0.25, -0.2) is 0 Å². The molecule has 0 bridgehead atoms. The van der Waals surface area contributed by atoms with E-state index in [2.05, 4.69) is 36.9 Å². The molecule has 1 aromatic rings. The zero-order valence-corrected chi connectivity index (χ0v) is 10.8. The fourth-order valence-corrected chi connectivity index (χ4v) is 2.70. The van der Waals surface area contributed by atoms with Gasteiger partial charge in [0.1, 0.15) is 0 Å². The molecule has 0 saturated carbocycles. The standard InChI is InChI=1S/C15H21NO/c1-11(2)13-4-3-12-5-6-16(8-14(12)7-13)15-9-17-10-15/h3-4,7,11,15H,5-6,8-10H2,1-2H3. The molecule has 1 fully saturated rings. The van der Waals surface area contributed by atoms with Crippen LogP contribution in [0.4, 0.5) is 0 Å². The first-order valence-corrected chi connectivity index (χ1v) is 6.67. The van der Waals surface area contributed by atoms with Gasteiger partial charge in [-0.2, -0.15) is 0 Å². The first-order valence-electron chi connectivity index (χ1n) is 6.67. The summed E-state index contributed by atoms with van der Waals surface area (Å²) in [5, 5.41) is 0. The summed E-state index contributed by atoms with van der Waals surface area (Å²) in [5.41, 5.74) is 4.55. The molecule has 0 aromatic heterocycles. The Balaban J connectivity index is 1.81. The van der Waals surface area contributed by atoms with Gasteiger partial charge in [0.05, 0.1) is 19.3 Å². The molecule has 0 atom stereocenters. The van der Waals surface area contributed by atoms with Crippen LogP contribution in [0.2, 0.25) is 0 Å². The summed E-state index contributed by atoms with van der Waals surface area (Å²) in [6, 6.07) is 7.71. The second kappa shape index (κ2) is 4.43. The number of benzene rings is 1. The van der Waals surface area contributed by atoms with Gasteiger partial charge in [0, 0.05) is 13.1 Å². The Kier molecular flexibility index (Phi) is 2.93. The summed E-state index contributed by atoms with van der Waals surface area (Å²) in [7, 11) is 0. The number of hydrogen-bond donors (Lipinski definition) is 0. The molecule has 1 saturated heterocycles. The Labute approximate surface area is 104 Å². The Morgan fingerprint density at radius 3 is 2.71 bits per heavy atom. The van der Waals surface area contributed by atoms with Gasteiger partial charge in [0.15, 0.2) is 0 Å². The first-order chi connectivity index (χ1) is 8.24. The zero-order chi connectivity index (χ0) is 11.8. The quantitative estimate of drug-likeness (QED) is 0.775. The number of hydrogen-bond acceptors (Lipinski definition) is 2. The van der Waals surface area contributed by atoms with E-state index in [9.17, 15) is 0 Å². The minimum absolute atomic E-state index is 0.628. The second-order valence-electron chi connectivity index (χ2n) is 5.59. The summed E-state index contributed by atoms with van der Waals surface area (Å²) in [6.45, 7) is 8.70. The SMILES string of the molecule is CC(C)c1ccc2c(c1)CN(C1COC1)CC2. The van der Waals surface area contributed by atoms with Crippen LogP contribution < -0.4 is 0 Å². The monoisotopic (exact) mass is 231 g/mol. The van der Waals surface area contributed by atoms with Gasteiger partial charge in [-0.15, -0.1) is 0 Å². The lowest BCUT2D eigenvalue weighted by atomic mass is 9.92. The van der Waals surface area contributed by atoms with Gasteiger partial charge in [0.25, 0.3) is 0 Å². The Bertz CT molecular complexity index is 409. The first kappa shape index (κ1) is 11.2. The van der Waals surface area contributed by atoms with Gasteiger partial charge >= 0.3 is 0 Å². The maximum absolute atomic E-state index is 5.30. The summed E-state index contributed by atoms with van der Waals surface area (Å²) in [4.78, 5) is 2.58. The van der Waals surface area contributed by atoms with Crippen molar-refractivity contribution in [1.29, 1.82) is 0 Å². The third-order valence-electron chi connectivity index (χ3n) is 4.08. The fourth-order valence-electron chi connectivity index (χ4n) is 2.70. The molecule has 0 amide bonds. The van der Waals surface area contributed by atoms with Crippen molar-refractivity contribution < 1.29 is 4.74 Å². The summed E-state index contributed by atoms with van der Waals surface area (Å²) < 4.78 is 5.30. The molecule has 2 aliphatic heterocycles. The predicted molar refractivity (Wildman–Crippen MR) is 69.3 cm³/mol. The molecule has 2 heteroatoms. The number of rotatable bonds is 2. The van der Waals surface area contributed by atoms with E-state index in [0.29, 0.717) is 12.0 Å². The highest BCUT2D eigenvalue weighted by Crippen LogP contribution is 2.26. The third kappa shape index (κ3) is 2.12. The molecule has 17 heavy (non-hydrogen) atoms. The highest BCUT2D eigenvalue weighted by molar-refractivity contribution is 5.35. The minimum atomic E-state index is 0.628. The molecule has 3 rings (SSSR count). The van der Waals surface area contributed by atoms with Crippen molar-refractivity contribution in [1.82, 2.24) is 4.90 Å². The van der Waals surface area contributed by atoms with Crippen molar-refractivity contribution in [3.05, 3.63) is 34.9 Å². The second-order valence-corrected chi connectivity index (χ2v) is 5.59. The van der Waals surface area contributed by atoms with Gasteiger partial charge in [-0.1, -0.05) is 32.0 Å². The van der Waals surface area contributed by atoms with Crippen LogP contribution >= 0.6 is 0 Å². The maximum Gasteiger partial charge on any atom is 0.0645 e. The van der Waals surface area contributed by atoms with E-state index >= 15 is 0 Å². The molecule has 0 radical (unpaired) electrons. The van der Waals surface area contributed by atoms with Gasteiger partial charge in [-0.3, -0.25) is 4.90 Å². The molecule has 2 aliphatic rings. The van der Waals surface area contributed by atoms with Crippen molar-refractivity contribution >= 4 is 0 Å². The molecule has 1 aromatic carbocycles. The summed E-state index contributed by atoms with van der Waals surface area (Å²) >= 11 is 0. The third-order valence-corrected chi connectivity index (χ3v) is 4.08. The smallest absolute Gasteiger partial charge is 0.0645 e. The number of fused-ring (bicyclic) bond motifs is 1. The lowest BCUT2D eigenvalue weighted by Crippen LogP contribution is -2.50. The largest absolute Gasteiger partial charge is 0.378 e. The maximum atomic E-state index is 5.30. The Morgan fingerprint density at radius 1 is 1.24 bits per heavy atom. The predicted octanol–water partition coefficient (Wildman–Crippen LogP) is 2.57. The van der Waals surface area contributed by atoms with Crippen molar-refractivity contribution in [2.75, 3.05) is 19.8 Å². The van der Waals surface area contributed by atoms with Crippen LogP contribution in [0.15, 0.2) is 18.2 Å². The molecule has 2 heterocycles. The number of nitrogens with zero attached hydrogens (tertiary/aromatic N) is 1. The van der Waals surface area contributed by atoms with Crippen molar-refractivity contribution in [3.8, 4) is 0 Å². The Hall–Kier alpha value is -0.860. The molecule has 0 N–H and O–H groups in total. The van der Waals surface area contributed by atoms with Crippen LogP contribution in [0.3, 0.4) is 0 Å². The van der Waals surface area contributed by atoms with E-state index in [0.717, 1.165) is 19.8 Å². The minimum Gasteiger partial charge on any atom is -0.378 e. The molecule has 0 aliphatic carbocycles. The molecular weight excluding hydrogens is 210 g/mol. The van der Waals surface area contributed by atoms with Crippen LogP contribution in [0, 0.1) is 0 Å². The van der Waals surface area contributed by atoms with Crippen LogP contribution in [-0.4, -0.2) is 30.7 Å². The average Bonchev–Trinajstić information content (AvgIpc) is 2.25. The highest BCUT2D eigenvalue weighted by Gasteiger charge is 2.28. The van der Waals surface area contributed by atoms with Gasteiger partial charge in [0.2, 0.25) is 0 Å². The van der Waals surface area contributed by atoms with E-state index < -0.39 is 0 Å². The van der Waals surface area contributed by atoms with E-state index in [1.54, 1.807) is 5.56 Å². The van der Waals surface area contributed by atoms with Gasteiger partial charge in [-0.05, 0) is 29.0 Å². The van der Waals surface area contributed by atoms with E-state index in [-0.39, 0.29) is 0 Å². The van der Waals surface area contributed by atoms with E-state index in [1.165, 1.54) is 24.1 Å². The Morgan fingerprint density at radius 2 is 2.06 bits per heavy atom. The number of ether oxygens (including phenoxy) is 1. The normalized spacial score (nSPS) is 21.4. The zero-order valence-electron chi connectivity index (χ0n) is 10.8. The summed E-state index contributed by atoms with van der Waals surface area (Å²) in [5.74, 6) is 0.628.